The largest absolute Gasteiger partial charge is 0.416 e. The van der Waals surface area contributed by atoms with Crippen molar-refractivity contribution >= 4 is 33.3 Å². The highest BCUT2D eigenvalue weighted by atomic mass is 32.1. The zero-order chi connectivity index (χ0) is 19.7. The summed E-state index contributed by atoms with van der Waals surface area (Å²) in [5, 5.41) is 5.69. The number of fused-ring (bicyclic) bond motifs is 1. The highest BCUT2D eigenvalue weighted by molar-refractivity contribution is 7.13. The van der Waals surface area contributed by atoms with Crippen molar-refractivity contribution in [1.82, 2.24) is 9.97 Å². The van der Waals surface area contributed by atoms with E-state index in [1.807, 2.05) is 6.07 Å². The summed E-state index contributed by atoms with van der Waals surface area (Å²) in [7, 11) is 0. The number of amides is 1. The Hall–Kier alpha value is -3.26. The summed E-state index contributed by atoms with van der Waals surface area (Å²) >= 11 is 1.30. The van der Waals surface area contributed by atoms with Gasteiger partial charge in [-0.3, -0.25) is 10.1 Å². The number of pyridine rings is 1. The number of para-hydroxylation sites is 1. The third-order valence-electron chi connectivity index (χ3n) is 4.13. The van der Waals surface area contributed by atoms with E-state index in [0.717, 1.165) is 17.5 Å². The van der Waals surface area contributed by atoms with Gasteiger partial charge in [0.1, 0.15) is 0 Å². The molecule has 1 amide bonds. The molecule has 0 saturated carbocycles. The standard InChI is InChI=1S/C20H12F3N3OS/c21-20(22,23)14-7-4-12(5-8-14)16-9-6-13-2-1-3-15(17(13)25-16)18(27)26-19-24-10-11-28-19/h1-11H,(H,24,26,27). The molecule has 8 heteroatoms. The minimum absolute atomic E-state index is 0.349. The summed E-state index contributed by atoms with van der Waals surface area (Å²) in [6.07, 6.45) is -2.80. The van der Waals surface area contributed by atoms with Crippen LogP contribution in [0.2, 0.25) is 0 Å². The summed E-state index contributed by atoms with van der Waals surface area (Å²) in [5.74, 6) is -0.349. The van der Waals surface area contributed by atoms with E-state index in [-0.39, 0.29) is 5.91 Å². The van der Waals surface area contributed by atoms with E-state index in [1.54, 1.807) is 35.8 Å². The van der Waals surface area contributed by atoms with Crippen LogP contribution in [0, 0.1) is 0 Å². The number of rotatable bonds is 3. The molecule has 0 aliphatic heterocycles. The second-order valence-electron chi connectivity index (χ2n) is 5.94. The molecule has 2 aromatic heterocycles. The van der Waals surface area contributed by atoms with E-state index >= 15 is 0 Å². The zero-order valence-electron chi connectivity index (χ0n) is 14.2. The first-order valence-electron chi connectivity index (χ1n) is 8.20. The molecule has 28 heavy (non-hydrogen) atoms. The molecule has 0 spiro atoms. The molecule has 140 valence electrons. The van der Waals surface area contributed by atoms with Crippen molar-refractivity contribution in [3.63, 3.8) is 0 Å². The fourth-order valence-electron chi connectivity index (χ4n) is 2.77. The van der Waals surface area contributed by atoms with Crippen LogP contribution in [0.15, 0.2) is 66.2 Å². The average molecular weight is 399 g/mol. The molecular weight excluding hydrogens is 387 g/mol. The summed E-state index contributed by atoms with van der Waals surface area (Å²) in [6.45, 7) is 0. The number of benzene rings is 2. The summed E-state index contributed by atoms with van der Waals surface area (Å²) < 4.78 is 38.3. The molecule has 0 aliphatic rings. The van der Waals surface area contributed by atoms with Crippen molar-refractivity contribution < 1.29 is 18.0 Å². The third-order valence-corrected chi connectivity index (χ3v) is 4.81. The highest BCUT2D eigenvalue weighted by Gasteiger charge is 2.30. The molecule has 0 radical (unpaired) electrons. The maximum atomic E-state index is 12.8. The third kappa shape index (κ3) is 3.59. The van der Waals surface area contributed by atoms with E-state index in [2.05, 4.69) is 15.3 Å². The Morgan fingerprint density at radius 1 is 1.00 bits per heavy atom. The predicted octanol–water partition coefficient (Wildman–Crippen LogP) is 5.63. The first kappa shape index (κ1) is 18.1. The topological polar surface area (TPSA) is 54.9 Å². The Morgan fingerprint density at radius 2 is 1.79 bits per heavy atom. The molecule has 4 aromatic rings. The number of halogens is 3. The zero-order valence-corrected chi connectivity index (χ0v) is 15.0. The maximum Gasteiger partial charge on any atom is 0.416 e. The Labute approximate surface area is 161 Å². The Morgan fingerprint density at radius 3 is 2.46 bits per heavy atom. The van der Waals surface area contributed by atoms with Crippen molar-refractivity contribution in [3.05, 3.63) is 77.3 Å². The molecule has 4 rings (SSSR count). The van der Waals surface area contributed by atoms with Crippen molar-refractivity contribution in [2.75, 3.05) is 5.32 Å². The normalized spacial score (nSPS) is 11.5. The van der Waals surface area contributed by atoms with E-state index in [0.29, 0.717) is 27.5 Å². The SMILES string of the molecule is O=C(Nc1nccs1)c1cccc2ccc(-c3ccc(C(F)(F)F)cc3)nc12. The van der Waals surface area contributed by atoms with Crippen LogP contribution in [-0.4, -0.2) is 15.9 Å². The number of thiazole rings is 1. The number of hydrogen-bond donors (Lipinski definition) is 1. The average Bonchev–Trinajstić information content (AvgIpc) is 3.19. The minimum atomic E-state index is -4.39. The van der Waals surface area contributed by atoms with Gasteiger partial charge in [-0.1, -0.05) is 30.3 Å². The molecule has 1 N–H and O–H groups in total. The van der Waals surface area contributed by atoms with E-state index in [4.69, 9.17) is 0 Å². The lowest BCUT2D eigenvalue weighted by molar-refractivity contribution is -0.137. The number of nitrogens with zero attached hydrogens (tertiary/aromatic N) is 2. The number of nitrogens with one attached hydrogen (secondary N) is 1. The molecule has 0 aliphatic carbocycles. The number of carbonyl (C=O) groups excluding carboxylic acids is 1. The number of hydrogen-bond acceptors (Lipinski definition) is 4. The fourth-order valence-corrected chi connectivity index (χ4v) is 3.29. The maximum absolute atomic E-state index is 12.8. The summed E-state index contributed by atoms with van der Waals surface area (Å²) in [6, 6.07) is 13.5. The first-order valence-corrected chi connectivity index (χ1v) is 9.08. The van der Waals surface area contributed by atoms with Crippen LogP contribution < -0.4 is 5.32 Å². The molecular formula is C20H12F3N3OS. The smallest absolute Gasteiger partial charge is 0.298 e. The summed E-state index contributed by atoms with van der Waals surface area (Å²) in [4.78, 5) is 21.2. The van der Waals surface area contributed by atoms with E-state index in [1.165, 1.54) is 23.5 Å². The van der Waals surface area contributed by atoms with Crippen LogP contribution in [0.4, 0.5) is 18.3 Å². The Kier molecular flexibility index (Phi) is 4.56. The monoisotopic (exact) mass is 399 g/mol. The van der Waals surface area contributed by atoms with E-state index < -0.39 is 11.7 Å². The van der Waals surface area contributed by atoms with Crippen LogP contribution >= 0.6 is 11.3 Å². The van der Waals surface area contributed by atoms with Gasteiger partial charge in [0.25, 0.3) is 5.91 Å². The molecule has 0 saturated heterocycles. The minimum Gasteiger partial charge on any atom is -0.298 e. The molecule has 0 fully saturated rings. The molecule has 0 unspecified atom stereocenters. The second-order valence-corrected chi connectivity index (χ2v) is 6.83. The van der Waals surface area contributed by atoms with Crippen molar-refractivity contribution in [3.8, 4) is 11.3 Å². The lowest BCUT2D eigenvalue weighted by Crippen LogP contribution is -2.12. The van der Waals surface area contributed by atoms with Gasteiger partial charge in [-0.25, -0.2) is 9.97 Å². The molecule has 2 aromatic carbocycles. The van der Waals surface area contributed by atoms with Gasteiger partial charge >= 0.3 is 6.18 Å². The highest BCUT2D eigenvalue weighted by Crippen LogP contribution is 2.31. The molecule has 2 heterocycles. The molecule has 4 nitrogen and oxygen atoms in total. The van der Waals surface area contributed by atoms with Gasteiger partial charge in [0.15, 0.2) is 5.13 Å². The second kappa shape index (κ2) is 7.05. The quantitative estimate of drug-likeness (QED) is 0.486. The Bertz CT molecular complexity index is 1140. The van der Waals surface area contributed by atoms with Gasteiger partial charge < -0.3 is 0 Å². The van der Waals surface area contributed by atoms with Gasteiger partial charge in [0.2, 0.25) is 0 Å². The van der Waals surface area contributed by atoms with Crippen molar-refractivity contribution in [1.29, 1.82) is 0 Å². The van der Waals surface area contributed by atoms with Crippen LogP contribution in [0.25, 0.3) is 22.2 Å². The number of alkyl halides is 3. The Balaban J connectivity index is 1.73. The van der Waals surface area contributed by atoms with Crippen LogP contribution in [0.1, 0.15) is 15.9 Å². The molecule has 0 bridgehead atoms. The van der Waals surface area contributed by atoms with E-state index in [9.17, 15) is 18.0 Å². The van der Waals surface area contributed by atoms with Gasteiger partial charge in [0, 0.05) is 22.5 Å². The van der Waals surface area contributed by atoms with Gasteiger partial charge in [-0.05, 0) is 24.3 Å². The number of aromatic nitrogens is 2. The lowest BCUT2D eigenvalue weighted by atomic mass is 10.0. The summed E-state index contributed by atoms with van der Waals surface area (Å²) in [5.41, 5.74) is 1.12. The van der Waals surface area contributed by atoms with Crippen molar-refractivity contribution in [2.45, 2.75) is 6.18 Å². The lowest BCUT2D eigenvalue weighted by Gasteiger charge is -2.09. The van der Waals surface area contributed by atoms with Gasteiger partial charge in [-0.15, -0.1) is 11.3 Å². The molecule has 0 atom stereocenters. The van der Waals surface area contributed by atoms with Crippen LogP contribution in [-0.2, 0) is 6.18 Å². The van der Waals surface area contributed by atoms with Gasteiger partial charge in [0.05, 0.1) is 22.3 Å². The van der Waals surface area contributed by atoms with Gasteiger partial charge in [-0.2, -0.15) is 13.2 Å². The van der Waals surface area contributed by atoms with Crippen LogP contribution in [0.5, 0.6) is 0 Å². The van der Waals surface area contributed by atoms with Crippen LogP contribution in [0.3, 0.4) is 0 Å². The predicted molar refractivity (Wildman–Crippen MR) is 102 cm³/mol. The number of anilines is 1. The number of carbonyl (C=O) groups is 1. The van der Waals surface area contributed by atoms with Crippen molar-refractivity contribution in [2.24, 2.45) is 0 Å². The fraction of sp³-hybridized carbons (Fsp3) is 0.0500. The first-order chi connectivity index (χ1) is 13.4.